The minimum Gasteiger partial charge on any atom is -0.0843 e. The number of allylic oxidation sites excluding steroid dienone is 4. The highest BCUT2D eigenvalue weighted by Gasteiger charge is 2.19. The van der Waals surface area contributed by atoms with Crippen molar-refractivity contribution in [1.29, 1.82) is 0 Å². The maximum absolute atomic E-state index is 2.41. The van der Waals surface area contributed by atoms with Crippen molar-refractivity contribution in [2.45, 2.75) is 74.1 Å². The minimum atomic E-state index is 0.790. The van der Waals surface area contributed by atoms with E-state index in [4.69, 9.17) is 0 Å². The van der Waals surface area contributed by atoms with Crippen molar-refractivity contribution in [2.75, 3.05) is 0 Å². The largest absolute Gasteiger partial charge is 0.0843 e. The SMILES string of the molecule is CCCC=C/C(C)=C(\C)CC(CC)C(C)C(C)C. The van der Waals surface area contributed by atoms with Gasteiger partial charge in [0.15, 0.2) is 0 Å². The first kappa shape index (κ1) is 17.5. The summed E-state index contributed by atoms with van der Waals surface area (Å²) >= 11 is 0. The van der Waals surface area contributed by atoms with Gasteiger partial charge in [-0.3, -0.25) is 0 Å². The van der Waals surface area contributed by atoms with E-state index in [1.54, 1.807) is 5.57 Å². The van der Waals surface area contributed by atoms with Crippen molar-refractivity contribution >= 4 is 0 Å². The number of hydrogen-bond donors (Lipinski definition) is 0. The quantitative estimate of drug-likeness (QED) is 0.438. The molecule has 0 N–H and O–H groups in total. The Morgan fingerprint density at radius 1 is 1.06 bits per heavy atom. The molecule has 0 aliphatic heterocycles. The van der Waals surface area contributed by atoms with E-state index in [2.05, 4.69) is 60.6 Å². The normalized spacial score (nSPS) is 17.1. The Hall–Kier alpha value is -0.520. The van der Waals surface area contributed by atoms with Gasteiger partial charge in [-0.25, -0.2) is 0 Å². The molecule has 0 aliphatic rings. The lowest BCUT2D eigenvalue weighted by molar-refractivity contribution is 0.267. The third-order valence-electron chi connectivity index (χ3n) is 4.38. The molecule has 0 radical (unpaired) electrons. The second kappa shape index (κ2) is 9.42. The molecule has 0 aromatic carbocycles. The van der Waals surface area contributed by atoms with Gasteiger partial charge in [-0.1, -0.05) is 70.8 Å². The van der Waals surface area contributed by atoms with Gasteiger partial charge < -0.3 is 0 Å². The highest BCUT2D eigenvalue weighted by molar-refractivity contribution is 5.22. The van der Waals surface area contributed by atoms with E-state index in [-0.39, 0.29) is 0 Å². The molecule has 0 nitrogen and oxygen atoms in total. The van der Waals surface area contributed by atoms with Gasteiger partial charge in [-0.15, -0.1) is 0 Å². The van der Waals surface area contributed by atoms with Crippen LogP contribution in [0.5, 0.6) is 0 Å². The van der Waals surface area contributed by atoms with E-state index in [1.165, 1.54) is 31.3 Å². The minimum absolute atomic E-state index is 0.790. The molecular formula is C18H34. The van der Waals surface area contributed by atoms with Gasteiger partial charge in [-0.2, -0.15) is 0 Å². The first-order chi connectivity index (χ1) is 8.43. The van der Waals surface area contributed by atoms with Crippen LogP contribution in [0, 0.1) is 17.8 Å². The molecule has 0 heteroatoms. The Balaban J connectivity index is 4.58. The highest BCUT2D eigenvalue weighted by Crippen LogP contribution is 2.29. The zero-order chi connectivity index (χ0) is 14.1. The van der Waals surface area contributed by atoms with Gasteiger partial charge in [0.2, 0.25) is 0 Å². The third-order valence-corrected chi connectivity index (χ3v) is 4.38. The molecule has 0 aromatic rings. The van der Waals surface area contributed by atoms with Gasteiger partial charge in [-0.05, 0) is 44.4 Å². The van der Waals surface area contributed by atoms with Crippen LogP contribution in [0.25, 0.3) is 0 Å². The van der Waals surface area contributed by atoms with Crippen molar-refractivity contribution in [3.05, 3.63) is 23.3 Å². The van der Waals surface area contributed by atoms with Crippen molar-refractivity contribution < 1.29 is 0 Å². The van der Waals surface area contributed by atoms with Crippen LogP contribution in [0.3, 0.4) is 0 Å². The number of unbranched alkanes of at least 4 members (excludes halogenated alkanes) is 1. The Labute approximate surface area is 116 Å². The fraction of sp³-hybridized carbons (Fsp3) is 0.778. The van der Waals surface area contributed by atoms with Crippen LogP contribution in [-0.4, -0.2) is 0 Å². The number of rotatable bonds is 8. The molecule has 0 rings (SSSR count). The lowest BCUT2D eigenvalue weighted by atomic mass is 9.79. The zero-order valence-electron chi connectivity index (χ0n) is 13.7. The summed E-state index contributed by atoms with van der Waals surface area (Å²) in [4.78, 5) is 0. The topological polar surface area (TPSA) is 0 Å². The van der Waals surface area contributed by atoms with Crippen molar-refractivity contribution in [1.82, 2.24) is 0 Å². The van der Waals surface area contributed by atoms with E-state index in [0.717, 1.165) is 17.8 Å². The zero-order valence-corrected chi connectivity index (χ0v) is 13.7. The predicted molar refractivity (Wildman–Crippen MR) is 84.8 cm³/mol. The Morgan fingerprint density at radius 2 is 1.67 bits per heavy atom. The Kier molecular flexibility index (Phi) is 9.14. The molecule has 0 saturated carbocycles. The maximum atomic E-state index is 2.41. The average molecular weight is 250 g/mol. The molecule has 0 aliphatic carbocycles. The molecule has 0 heterocycles. The molecule has 106 valence electrons. The maximum Gasteiger partial charge on any atom is -0.0286 e. The summed E-state index contributed by atoms with van der Waals surface area (Å²) in [5, 5.41) is 0. The summed E-state index contributed by atoms with van der Waals surface area (Å²) in [6.45, 7) is 16.2. The van der Waals surface area contributed by atoms with E-state index >= 15 is 0 Å². The highest BCUT2D eigenvalue weighted by atomic mass is 14.2. The fourth-order valence-electron chi connectivity index (χ4n) is 2.37. The molecule has 0 saturated heterocycles. The standard InChI is InChI=1S/C18H34/c1-8-10-11-12-15(5)16(6)13-18(9-2)17(7)14(3)4/h11-12,14,17-18H,8-10,13H2,1-7H3/b12-11?,16-15+. The summed E-state index contributed by atoms with van der Waals surface area (Å²) < 4.78 is 0. The lowest BCUT2D eigenvalue weighted by Crippen LogP contribution is -2.17. The Morgan fingerprint density at radius 3 is 2.11 bits per heavy atom. The average Bonchev–Trinajstić information content (AvgIpc) is 2.34. The van der Waals surface area contributed by atoms with Crippen LogP contribution in [0.2, 0.25) is 0 Å². The summed E-state index contributed by atoms with van der Waals surface area (Å²) in [6.07, 6.45) is 9.62. The van der Waals surface area contributed by atoms with Crippen LogP contribution >= 0.6 is 0 Å². The van der Waals surface area contributed by atoms with E-state index in [9.17, 15) is 0 Å². The second-order valence-electron chi connectivity index (χ2n) is 6.13. The molecule has 0 aromatic heterocycles. The first-order valence-electron chi connectivity index (χ1n) is 7.76. The van der Waals surface area contributed by atoms with Crippen LogP contribution in [0.1, 0.15) is 74.1 Å². The second-order valence-corrected chi connectivity index (χ2v) is 6.13. The first-order valence-corrected chi connectivity index (χ1v) is 7.76. The van der Waals surface area contributed by atoms with Gasteiger partial charge in [0.05, 0.1) is 0 Å². The predicted octanol–water partition coefficient (Wildman–Crippen LogP) is 6.39. The molecule has 0 amide bonds. The molecule has 0 fully saturated rings. The lowest BCUT2D eigenvalue weighted by Gasteiger charge is -2.26. The van der Waals surface area contributed by atoms with Gasteiger partial charge in [0.25, 0.3) is 0 Å². The van der Waals surface area contributed by atoms with E-state index in [0.29, 0.717) is 0 Å². The van der Waals surface area contributed by atoms with Crippen LogP contribution in [-0.2, 0) is 0 Å². The Bertz CT molecular complexity index is 268. The molecule has 0 bridgehead atoms. The number of hydrogen-bond acceptors (Lipinski definition) is 0. The molecular weight excluding hydrogens is 216 g/mol. The van der Waals surface area contributed by atoms with Crippen LogP contribution < -0.4 is 0 Å². The van der Waals surface area contributed by atoms with Gasteiger partial charge in [0.1, 0.15) is 0 Å². The molecule has 2 unspecified atom stereocenters. The van der Waals surface area contributed by atoms with E-state index in [1.807, 2.05) is 0 Å². The summed E-state index contributed by atoms with van der Waals surface area (Å²) in [5.41, 5.74) is 3.04. The summed E-state index contributed by atoms with van der Waals surface area (Å²) in [7, 11) is 0. The summed E-state index contributed by atoms with van der Waals surface area (Å²) in [6, 6.07) is 0. The smallest absolute Gasteiger partial charge is 0.0286 e. The van der Waals surface area contributed by atoms with Crippen LogP contribution in [0.15, 0.2) is 23.3 Å². The van der Waals surface area contributed by atoms with Crippen molar-refractivity contribution in [2.24, 2.45) is 17.8 Å². The molecule has 2 atom stereocenters. The van der Waals surface area contributed by atoms with Crippen LogP contribution in [0.4, 0.5) is 0 Å². The van der Waals surface area contributed by atoms with Crippen molar-refractivity contribution in [3.8, 4) is 0 Å². The monoisotopic (exact) mass is 250 g/mol. The van der Waals surface area contributed by atoms with Gasteiger partial charge in [0, 0.05) is 0 Å². The third kappa shape index (κ3) is 6.42. The van der Waals surface area contributed by atoms with E-state index < -0.39 is 0 Å². The molecule has 0 spiro atoms. The summed E-state index contributed by atoms with van der Waals surface area (Å²) in [5.74, 6) is 2.44. The fourth-order valence-corrected chi connectivity index (χ4v) is 2.37. The van der Waals surface area contributed by atoms with Crippen molar-refractivity contribution in [3.63, 3.8) is 0 Å². The van der Waals surface area contributed by atoms with Gasteiger partial charge >= 0.3 is 0 Å². The molecule has 18 heavy (non-hydrogen) atoms.